The molecule has 0 fully saturated rings. The Kier molecular flexibility index (Phi) is 4.25. The summed E-state index contributed by atoms with van der Waals surface area (Å²) in [7, 11) is 0. The van der Waals surface area contributed by atoms with Crippen molar-refractivity contribution in [3.8, 4) is 0 Å². The van der Waals surface area contributed by atoms with Crippen molar-refractivity contribution in [3.05, 3.63) is 24.8 Å². The zero-order chi connectivity index (χ0) is 12.9. The maximum absolute atomic E-state index is 5.67. The first-order chi connectivity index (χ1) is 7.95. The first kappa shape index (κ1) is 13.2. The van der Waals surface area contributed by atoms with Crippen molar-refractivity contribution in [3.63, 3.8) is 0 Å². The molecular formula is C11H20N6. The fraction of sp³-hybridized carbons (Fsp3) is 0.545. The normalized spacial score (nSPS) is 12.5. The molecule has 0 unspecified atom stereocenters. The first-order valence-electron chi connectivity index (χ1n) is 5.49. The second kappa shape index (κ2) is 5.47. The molecule has 1 heterocycles. The second-order valence-corrected chi connectivity index (χ2v) is 4.63. The van der Waals surface area contributed by atoms with E-state index in [1.807, 2.05) is 4.68 Å². The van der Waals surface area contributed by atoms with Gasteiger partial charge in [-0.3, -0.25) is 0 Å². The SMILES string of the molecule is C=CCNC(N)=NCc1ncnn1C(C)(C)C. The Labute approximate surface area is 102 Å². The van der Waals surface area contributed by atoms with Crippen LogP contribution in [0.1, 0.15) is 26.6 Å². The summed E-state index contributed by atoms with van der Waals surface area (Å²) in [5.74, 6) is 1.18. The molecule has 1 aromatic rings. The van der Waals surface area contributed by atoms with Gasteiger partial charge in [0.1, 0.15) is 18.7 Å². The lowest BCUT2D eigenvalue weighted by Gasteiger charge is -2.20. The van der Waals surface area contributed by atoms with Gasteiger partial charge in [0.2, 0.25) is 0 Å². The molecule has 0 aliphatic carbocycles. The molecule has 6 nitrogen and oxygen atoms in total. The highest BCUT2D eigenvalue weighted by Gasteiger charge is 2.17. The van der Waals surface area contributed by atoms with E-state index in [2.05, 4.69) is 47.7 Å². The fourth-order valence-electron chi connectivity index (χ4n) is 1.32. The molecule has 1 rings (SSSR count). The van der Waals surface area contributed by atoms with Crippen LogP contribution in [0.25, 0.3) is 0 Å². The van der Waals surface area contributed by atoms with Gasteiger partial charge in [-0.2, -0.15) is 5.10 Å². The number of rotatable bonds is 4. The quantitative estimate of drug-likeness (QED) is 0.456. The lowest BCUT2D eigenvalue weighted by molar-refractivity contribution is 0.342. The van der Waals surface area contributed by atoms with Crippen molar-refractivity contribution < 1.29 is 0 Å². The predicted molar refractivity (Wildman–Crippen MR) is 68.5 cm³/mol. The van der Waals surface area contributed by atoms with E-state index in [1.54, 1.807) is 6.08 Å². The van der Waals surface area contributed by atoms with Crippen LogP contribution in [-0.4, -0.2) is 27.3 Å². The van der Waals surface area contributed by atoms with Crippen LogP contribution in [0.5, 0.6) is 0 Å². The highest BCUT2D eigenvalue weighted by molar-refractivity contribution is 5.77. The molecule has 0 bridgehead atoms. The minimum atomic E-state index is -0.106. The van der Waals surface area contributed by atoms with E-state index in [-0.39, 0.29) is 5.54 Å². The molecule has 0 atom stereocenters. The molecule has 0 aliphatic rings. The summed E-state index contributed by atoms with van der Waals surface area (Å²) in [6, 6.07) is 0. The first-order valence-corrected chi connectivity index (χ1v) is 5.49. The smallest absolute Gasteiger partial charge is 0.189 e. The number of nitrogens with one attached hydrogen (secondary N) is 1. The summed E-state index contributed by atoms with van der Waals surface area (Å²) in [6.45, 7) is 10.8. The Balaban J connectivity index is 2.70. The monoisotopic (exact) mass is 236 g/mol. The second-order valence-electron chi connectivity index (χ2n) is 4.63. The van der Waals surface area contributed by atoms with Gasteiger partial charge in [0, 0.05) is 6.54 Å². The zero-order valence-electron chi connectivity index (χ0n) is 10.6. The van der Waals surface area contributed by atoms with Crippen molar-refractivity contribution in [1.82, 2.24) is 20.1 Å². The van der Waals surface area contributed by atoms with E-state index in [0.29, 0.717) is 19.0 Å². The number of nitrogens with two attached hydrogens (primary N) is 1. The molecule has 17 heavy (non-hydrogen) atoms. The average molecular weight is 236 g/mol. The van der Waals surface area contributed by atoms with Gasteiger partial charge < -0.3 is 11.1 Å². The fourth-order valence-corrected chi connectivity index (χ4v) is 1.32. The van der Waals surface area contributed by atoms with E-state index in [9.17, 15) is 0 Å². The van der Waals surface area contributed by atoms with Crippen LogP contribution in [-0.2, 0) is 12.1 Å². The zero-order valence-corrected chi connectivity index (χ0v) is 10.6. The molecule has 0 spiro atoms. The maximum atomic E-state index is 5.67. The molecule has 94 valence electrons. The van der Waals surface area contributed by atoms with Crippen molar-refractivity contribution in [2.45, 2.75) is 32.9 Å². The molecule has 0 aromatic carbocycles. The van der Waals surface area contributed by atoms with Crippen LogP contribution in [0, 0.1) is 0 Å². The molecule has 0 saturated carbocycles. The summed E-state index contributed by atoms with van der Waals surface area (Å²) in [5.41, 5.74) is 5.56. The maximum Gasteiger partial charge on any atom is 0.189 e. The lowest BCUT2D eigenvalue weighted by Crippen LogP contribution is -2.32. The van der Waals surface area contributed by atoms with Gasteiger partial charge >= 0.3 is 0 Å². The highest BCUT2D eigenvalue weighted by Crippen LogP contribution is 2.14. The molecule has 0 radical (unpaired) electrons. The van der Waals surface area contributed by atoms with E-state index in [1.165, 1.54) is 6.33 Å². The summed E-state index contributed by atoms with van der Waals surface area (Å²) >= 11 is 0. The standard InChI is InChI=1S/C11H20N6/c1-5-6-13-10(12)14-7-9-15-8-16-17(9)11(2,3)4/h5,8H,1,6-7H2,2-4H3,(H3,12,13,14). The highest BCUT2D eigenvalue weighted by atomic mass is 15.4. The van der Waals surface area contributed by atoms with Crippen LogP contribution < -0.4 is 11.1 Å². The van der Waals surface area contributed by atoms with Crippen molar-refractivity contribution in [1.29, 1.82) is 0 Å². The number of hydrogen-bond donors (Lipinski definition) is 2. The van der Waals surface area contributed by atoms with Crippen molar-refractivity contribution in [2.75, 3.05) is 6.54 Å². The van der Waals surface area contributed by atoms with Crippen molar-refractivity contribution in [2.24, 2.45) is 10.7 Å². The molecule has 0 amide bonds. The van der Waals surface area contributed by atoms with Gasteiger partial charge in [-0.1, -0.05) is 6.08 Å². The van der Waals surface area contributed by atoms with E-state index in [4.69, 9.17) is 5.73 Å². The van der Waals surface area contributed by atoms with E-state index < -0.39 is 0 Å². The average Bonchev–Trinajstić information content (AvgIpc) is 2.71. The molecule has 6 heteroatoms. The van der Waals surface area contributed by atoms with Crippen LogP contribution in [0.3, 0.4) is 0 Å². The largest absolute Gasteiger partial charge is 0.370 e. The minimum absolute atomic E-state index is 0.106. The van der Waals surface area contributed by atoms with Crippen LogP contribution in [0.4, 0.5) is 0 Å². The van der Waals surface area contributed by atoms with Crippen LogP contribution in [0.15, 0.2) is 24.0 Å². The Hall–Kier alpha value is -1.85. The molecule has 0 aliphatic heterocycles. The molecule has 0 saturated heterocycles. The van der Waals surface area contributed by atoms with Gasteiger partial charge in [-0.15, -0.1) is 6.58 Å². The predicted octanol–water partition coefficient (Wildman–Crippen LogP) is 0.623. The van der Waals surface area contributed by atoms with E-state index >= 15 is 0 Å². The number of nitrogens with zero attached hydrogens (tertiary/aromatic N) is 4. The van der Waals surface area contributed by atoms with Gasteiger partial charge in [0.25, 0.3) is 0 Å². The minimum Gasteiger partial charge on any atom is -0.370 e. The van der Waals surface area contributed by atoms with Crippen LogP contribution >= 0.6 is 0 Å². The number of guanidine groups is 1. The number of hydrogen-bond acceptors (Lipinski definition) is 3. The van der Waals surface area contributed by atoms with Crippen molar-refractivity contribution >= 4 is 5.96 Å². The Morgan fingerprint density at radius 3 is 2.94 bits per heavy atom. The Morgan fingerprint density at radius 1 is 1.65 bits per heavy atom. The van der Waals surface area contributed by atoms with Gasteiger partial charge in [0.05, 0.1) is 5.54 Å². The van der Waals surface area contributed by atoms with E-state index in [0.717, 1.165) is 5.82 Å². The van der Waals surface area contributed by atoms with Crippen LogP contribution in [0.2, 0.25) is 0 Å². The van der Waals surface area contributed by atoms with Gasteiger partial charge in [-0.25, -0.2) is 14.7 Å². The third-order valence-corrected chi connectivity index (χ3v) is 2.07. The number of aliphatic imine (C=N–C) groups is 1. The molecule has 1 aromatic heterocycles. The summed E-state index contributed by atoms with van der Waals surface area (Å²) < 4.78 is 1.84. The molecule has 3 N–H and O–H groups in total. The topological polar surface area (TPSA) is 81.1 Å². The summed E-state index contributed by atoms with van der Waals surface area (Å²) in [6.07, 6.45) is 3.25. The third kappa shape index (κ3) is 3.90. The lowest BCUT2D eigenvalue weighted by atomic mass is 10.1. The van der Waals surface area contributed by atoms with Gasteiger partial charge in [0.15, 0.2) is 5.96 Å². The Morgan fingerprint density at radius 2 is 2.35 bits per heavy atom. The summed E-state index contributed by atoms with van der Waals surface area (Å²) in [5, 5.41) is 7.09. The third-order valence-electron chi connectivity index (χ3n) is 2.07. The summed E-state index contributed by atoms with van der Waals surface area (Å²) in [4.78, 5) is 8.37. The number of aromatic nitrogens is 3. The molecular weight excluding hydrogens is 216 g/mol. The van der Waals surface area contributed by atoms with Gasteiger partial charge in [-0.05, 0) is 20.8 Å². The Bertz CT molecular complexity index is 398.